The van der Waals surface area contributed by atoms with Gasteiger partial charge in [-0.2, -0.15) is 13.2 Å². The quantitative estimate of drug-likeness (QED) is 0.401. The molecule has 0 spiro atoms. The summed E-state index contributed by atoms with van der Waals surface area (Å²) in [7, 11) is 0. The highest BCUT2D eigenvalue weighted by Crippen LogP contribution is 2.37. The van der Waals surface area contributed by atoms with Crippen LogP contribution in [0, 0.1) is 5.92 Å². The zero-order valence-corrected chi connectivity index (χ0v) is 17.7. The minimum absolute atomic E-state index is 0.0889. The summed E-state index contributed by atoms with van der Waals surface area (Å²) in [6.07, 6.45) is -2.69. The van der Waals surface area contributed by atoms with E-state index in [1.807, 2.05) is 12.1 Å². The normalized spacial score (nSPS) is 12.5. The number of aliphatic carboxylic acids is 1. The number of thiazole rings is 1. The van der Waals surface area contributed by atoms with Crippen molar-refractivity contribution in [3.63, 3.8) is 0 Å². The molecule has 1 unspecified atom stereocenters. The molecule has 0 bridgehead atoms. The van der Waals surface area contributed by atoms with Crippen molar-refractivity contribution in [3.8, 4) is 17.0 Å². The number of nitrogens with zero attached hydrogens (tertiary/aromatic N) is 1. The molecule has 31 heavy (non-hydrogen) atoms. The maximum absolute atomic E-state index is 13.2. The van der Waals surface area contributed by atoms with Crippen LogP contribution < -0.4 is 4.74 Å². The second-order valence-corrected chi connectivity index (χ2v) is 8.15. The monoisotopic (exact) mass is 449 g/mol. The van der Waals surface area contributed by atoms with Gasteiger partial charge in [-0.25, -0.2) is 4.98 Å². The lowest BCUT2D eigenvalue weighted by molar-refractivity contribution is -0.141. The standard InChI is InChI=1S/C23H22F3NO3S/c1-15(22(28)29)13-16-8-10-17(11-9-16)30-12-4-7-21-27-20(14-31-21)18-5-2-3-6-19(18)23(24,25)26/h2-3,5-6,8-11,14-15H,4,7,12-13H2,1H3,(H,28,29). The minimum Gasteiger partial charge on any atom is -0.494 e. The van der Waals surface area contributed by atoms with Gasteiger partial charge in [0, 0.05) is 17.4 Å². The number of rotatable bonds is 9. The molecule has 8 heteroatoms. The lowest BCUT2D eigenvalue weighted by Gasteiger charge is -2.10. The Morgan fingerprint density at radius 2 is 1.87 bits per heavy atom. The van der Waals surface area contributed by atoms with Gasteiger partial charge in [0.1, 0.15) is 5.75 Å². The van der Waals surface area contributed by atoms with Crippen molar-refractivity contribution in [1.82, 2.24) is 4.98 Å². The van der Waals surface area contributed by atoms with Crippen LogP contribution in [0.1, 0.15) is 29.5 Å². The SMILES string of the molecule is CC(Cc1ccc(OCCCc2nc(-c3ccccc3C(F)(F)F)cs2)cc1)C(=O)O. The van der Waals surface area contributed by atoms with Crippen molar-refractivity contribution in [2.24, 2.45) is 5.92 Å². The molecule has 0 fully saturated rings. The molecular weight excluding hydrogens is 427 g/mol. The van der Waals surface area contributed by atoms with E-state index >= 15 is 0 Å². The van der Waals surface area contributed by atoms with E-state index in [2.05, 4.69) is 4.98 Å². The topological polar surface area (TPSA) is 59.4 Å². The zero-order chi connectivity index (χ0) is 22.4. The van der Waals surface area contributed by atoms with Crippen molar-refractivity contribution in [2.45, 2.75) is 32.4 Å². The maximum Gasteiger partial charge on any atom is 0.417 e. The lowest BCUT2D eigenvalue weighted by atomic mass is 10.0. The van der Waals surface area contributed by atoms with Crippen LogP contribution in [0.15, 0.2) is 53.9 Å². The van der Waals surface area contributed by atoms with Gasteiger partial charge in [0.05, 0.1) is 28.8 Å². The fourth-order valence-corrected chi connectivity index (χ4v) is 3.92. The molecule has 0 saturated carbocycles. The third kappa shape index (κ3) is 6.30. The number of alkyl halides is 3. The highest BCUT2D eigenvalue weighted by molar-refractivity contribution is 7.09. The Labute approximate surface area is 182 Å². The number of carboxylic acid groups (broad SMARTS) is 1. The average molecular weight is 449 g/mol. The number of aromatic nitrogens is 1. The molecule has 0 radical (unpaired) electrons. The predicted octanol–water partition coefficient (Wildman–Crippen LogP) is 6.10. The van der Waals surface area contributed by atoms with E-state index in [1.165, 1.54) is 23.5 Å². The van der Waals surface area contributed by atoms with Gasteiger partial charge < -0.3 is 9.84 Å². The summed E-state index contributed by atoms with van der Waals surface area (Å²) in [4.78, 5) is 15.3. The highest BCUT2D eigenvalue weighted by Gasteiger charge is 2.33. The van der Waals surface area contributed by atoms with Crippen molar-refractivity contribution >= 4 is 17.3 Å². The molecule has 0 aliphatic rings. The molecule has 1 aromatic heterocycles. The van der Waals surface area contributed by atoms with E-state index in [-0.39, 0.29) is 5.56 Å². The number of halogens is 3. The molecule has 3 rings (SSSR count). The third-order valence-electron chi connectivity index (χ3n) is 4.75. The first-order valence-electron chi connectivity index (χ1n) is 9.79. The molecule has 0 amide bonds. The van der Waals surface area contributed by atoms with Gasteiger partial charge in [-0.15, -0.1) is 11.3 Å². The van der Waals surface area contributed by atoms with Gasteiger partial charge in [-0.1, -0.05) is 37.3 Å². The summed E-state index contributed by atoms with van der Waals surface area (Å²) in [5, 5.41) is 11.4. The second kappa shape index (κ2) is 9.96. The smallest absolute Gasteiger partial charge is 0.417 e. The Morgan fingerprint density at radius 3 is 2.55 bits per heavy atom. The van der Waals surface area contributed by atoms with Gasteiger partial charge >= 0.3 is 12.1 Å². The van der Waals surface area contributed by atoms with Crippen LogP contribution in [-0.4, -0.2) is 22.7 Å². The van der Waals surface area contributed by atoms with E-state index < -0.39 is 23.6 Å². The fourth-order valence-electron chi connectivity index (χ4n) is 3.08. The molecule has 1 N–H and O–H groups in total. The van der Waals surface area contributed by atoms with E-state index in [0.717, 1.165) is 16.6 Å². The first kappa shape index (κ1) is 22.8. The average Bonchev–Trinajstić information content (AvgIpc) is 3.20. The Balaban J connectivity index is 1.51. The van der Waals surface area contributed by atoms with Crippen LogP contribution in [0.2, 0.25) is 0 Å². The van der Waals surface area contributed by atoms with Crippen molar-refractivity contribution in [3.05, 3.63) is 70.0 Å². The molecule has 0 saturated heterocycles. The van der Waals surface area contributed by atoms with Crippen LogP contribution in [0.25, 0.3) is 11.3 Å². The van der Waals surface area contributed by atoms with Gasteiger partial charge in [-0.05, 0) is 36.6 Å². The molecule has 3 aromatic rings. The first-order valence-corrected chi connectivity index (χ1v) is 10.7. The Morgan fingerprint density at radius 1 is 1.16 bits per heavy atom. The molecule has 1 heterocycles. The van der Waals surface area contributed by atoms with E-state index in [0.29, 0.717) is 37.3 Å². The molecule has 4 nitrogen and oxygen atoms in total. The highest BCUT2D eigenvalue weighted by atomic mass is 32.1. The lowest BCUT2D eigenvalue weighted by Crippen LogP contribution is -2.12. The molecular formula is C23H22F3NO3S. The summed E-state index contributed by atoms with van der Waals surface area (Å²) >= 11 is 1.34. The number of hydrogen-bond donors (Lipinski definition) is 1. The number of aryl methyl sites for hydroxylation is 1. The third-order valence-corrected chi connectivity index (χ3v) is 5.66. The summed E-state index contributed by atoms with van der Waals surface area (Å²) in [6, 6.07) is 12.8. The van der Waals surface area contributed by atoms with E-state index in [9.17, 15) is 18.0 Å². The minimum atomic E-state index is -4.42. The predicted molar refractivity (Wildman–Crippen MR) is 113 cm³/mol. The second-order valence-electron chi connectivity index (χ2n) is 7.21. The van der Waals surface area contributed by atoms with Crippen LogP contribution in [0.3, 0.4) is 0 Å². The number of carboxylic acids is 1. The fraction of sp³-hybridized carbons (Fsp3) is 0.304. The van der Waals surface area contributed by atoms with Crippen LogP contribution in [-0.2, 0) is 23.8 Å². The van der Waals surface area contributed by atoms with Gasteiger partial charge in [0.15, 0.2) is 0 Å². The van der Waals surface area contributed by atoms with E-state index in [4.69, 9.17) is 9.84 Å². The zero-order valence-electron chi connectivity index (χ0n) is 16.9. The van der Waals surface area contributed by atoms with Gasteiger partial charge in [-0.3, -0.25) is 4.79 Å². The summed E-state index contributed by atoms with van der Waals surface area (Å²) < 4.78 is 45.3. The Hall–Kier alpha value is -2.87. The Bertz CT molecular complexity index is 1020. The van der Waals surface area contributed by atoms with Gasteiger partial charge in [0.25, 0.3) is 0 Å². The first-order chi connectivity index (χ1) is 14.7. The van der Waals surface area contributed by atoms with E-state index in [1.54, 1.807) is 30.5 Å². The number of benzene rings is 2. The van der Waals surface area contributed by atoms with Crippen LogP contribution >= 0.6 is 11.3 Å². The van der Waals surface area contributed by atoms with Gasteiger partial charge in [0.2, 0.25) is 0 Å². The number of carbonyl (C=O) groups is 1. The van der Waals surface area contributed by atoms with Crippen molar-refractivity contribution in [2.75, 3.05) is 6.61 Å². The molecule has 0 aliphatic heterocycles. The molecule has 2 aromatic carbocycles. The largest absolute Gasteiger partial charge is 0.494 e. The number of hydrogen-bond acceptors (Lipinski definition) is 4. The summed E-state index contributed by atoms with van der Waals surface area (Å²) in [6.45, 7) is 2.11. The number of ether oxygens (including phenoxy) is 1. The Kier molecular flexibility index (Phi) is 7.33. The molecule has 164 valence electrons. The van der Waals surface area contributed by atoms with Crippen LogP contribution in [0.4, 0.5) is 13.2 Å². The maximum atomic E-state index is 13.2. The van der Waals surface area contributed by atoms with Crippen LogP contribution in [0.5, 0.6) is 5.75 Å². The van der Waals surface area contributed by atoms with Crippen molar-refractivity contribution in [1.29, 1.82) is 0 Å². The molecule has 0 aliphatic carbocycles. The van der Waals surface area contributed by atoms with Crippen molar-refractivity contribution < 1.29 is 27.8 Å². The summed E-state index contributed by atoms with van der Waals surface area (Å²) in [5.41, 5.74) is 0.666. The molecule has 1 atom stereocenters. The summed E-state index contributed by atoms with van der Waals surface area (Å²) in [5.74, 6) is -0.587.